The maximum absolute atomic E-state index is 14.5. The molecule has 2 saturated heterocycles. The summed E-state index contributed by atoms with van der Waals surface area (Å²) < 4.78 is 61.8. The summed E-state index contributed by atoms with van der Waals surface area (Å²) >= 11 is 1.50. The Bertz CT molecular complexity index is 2720. The average molecular weight is 1020 g/mol. The Kier molecular flexibility index (Phi) is 16.9. The molecule has 0 spiro atoms. The zero-order chi connectivity index (χ0) is 51.9. The monoisotopic (exact) mass is 1020 g/mol. The molecule has 0 bridgehead atoms. The van der Waals surface area contributed by atoms with Crippen molar-refractivity contribution >= 4 is 55.6 Å². The summed E-state index contributed by atoms with van der Waals surface area (Å²) in [7, 11) is -1.24. The van der Waals surface area contributed by atoms with E-state index in [9.17, 15) is 28.4 Å². The van der Waals surface area contributed by atoms with Crippen LogP contribution < -0.4 is 14.4 Å². The topological polar surface area (TPSA) is 162 Å². The average Bonchev–Trinajstić information content (AvgIpc) is 3.33. The summed E-state index contributed by atoms with van der Waals surface area (Å²) in [5.41, 5.74) is 4.60. The van der Waals surface area contributed by atoms with Gasteiger partial charge in [0.2, 0.25) is 18.3 Å². The second-order valence-corrected chi connectivity index (χ2v) is 24.9. The summed E-state index contributed by atoms with van der Waals surface area (Å²) in [6.07, 6.45) is -8.23. The van der Waals surface area contributed by atoms with Gasteiger partial charge in [0, 0.05) is 37.8 Å². The number of ether oxygens (including phenoxy) is 7. The standard InChI is InChI=1S/C55H60FNO13SSi/c1-33(58)65-47-48(66-34(2)59)50(67-35(3)60)54(69-49(47)53(62)63-7)68-42-22-16-19-38(29-42)39-25-28-43(44(30-39)64-31-36-17-12-10-13-18-36)46-51(52(61)57(46)41-20-14-11-15-21-41)71-32-45(37-23-26-40(56)27-24-37)70-72(8,9)55(4,5)6/h10-30,45-51,54H,31-32H2,1-9H3/t45-,46?,47+,48-,49?,50?,51+,54+/m0/s1. The van der Waals surface area contributed by atoms with E-state index in [1.54, 1.807) is 35.2 Å². The Hall–Kier alpha value is -6.53. The number of thioether (sulfide) groups is 1. The largest absolute Gasteiger partial charge is 0.489 e. The number of carbonyl (C=O) groups is 5. The van der Waals surface area contributed by atoms with Gasteiger partial charge in [-0.2, -0.15) is 0 Å². The number of benzene rings is 5. The number of para-hydroxylation sites is 1. The highest BCUT2D eigenvalue weighted by molar-refractivity contribution is 8.00. The minimum absolute atomic E-state index is 0.0779. The number of esters is 4. The summed E-state index contributed by atoms with van der Waals surface area (Å²) in [5.74, 6) is -2.68. The number of β-lactam (4-membered cyclic amide) rings is 1. The highest BCUT2D eigenvalue weighted by Crippen LogP contribution is 2.50. The highest BCUT2D eigenvalue weighted by atomic mass is 32.2. The third kappa shape index (κ3) is 12.6. The van der Waals surface area contributed by atoms with Gasteiger partial charge in [0.15, 0.2) is 26.6 Å². The predicted molar refractivity (Wildman–Crippen MR) is 271 cm³/mol. The van der Waals surface area contributed by atoms with Crippen LogP contribution in [-0.2, 0) is 58.7 Å². The lowest BCUT2D eigenvalue weighted by Gasteiger charge is -2.48. The number of anilines is 1. The van der Waals surface area contributed by atoms with Gasteiger partial charge in [0.05, 0.1) is 19.3 Å². The van der Waals surface area contributed by atoms with E-state index in [-0.39, 0.29) is 29.1 Å². The quantitative estimate of drug-likeness (QED) is 0.0353. The fraction of sp³-hybridized carbons (Fsp3) is 0.364. The molecule has 2 fully saturated rings. The Morgan fingerprint density at radius 2 is 1.36 bits per heavy atom. The molecule has 14 nitrogen and oxygen atoms in total. The molecule has 0 aromatic heterocycles. The van der Waals surface area contributed by atoms with Crippen molar-refractivity contribution in [2.45, 2.75) is 114 Å². The van der Waals surface area contributed by atoms with Gasteiger partial charge >= 0.3 is 23.9 Å². The third-order valence-electron chi connectivity index (χ3n) is 12.8. The van der Waals surface area contributed by atoms with E-state index >= 15 is 0 Å². The molecule has 2 aliphatic rings. The Labute approximate surface area is 424 Å². The molecule has 0 saturated carbocycles. The molecule has 1 amide bonds. The molecule has 17 heteroatoms. The number of methoxy groups -OCH3 is 1. The van der Waals surface area contributed by atoms with Crippen LogP contribution in [0.15, 0.2) is 127 Å². The molecule has 72 heavy (non-hydrogen) atoms. The van der Waals surface area contributed by atoms with E-state index in [0.717, 1.165) is 50.3 Å². The van der Waals surface area contributed by atoms with Crippen LogP contribution in [0.1, 0.15) is 70.4 Å². The SMILES string of the molecule is COC(=O)C1O[C@@H](Oc2cccc(-c3ccc(C4[C@@H](SC[C@H](O[Si](C)(C)C(C)(C)C)c5ccc(F)cc5)C(=O)N4c4ccccc4)c(OCc4ccccc4)c3)c2)C(OC(C)=O)[C@@H](OC(C)=O)[C@H]1OC(C)=O. The van der Waals surface area contributed by atoms with Crippen LogP contribution in [0.5, 0.6) is 11.5 Å². The van der Waals surface area contributed by atoms with Gasteiger partial charge in [-0.1, -0.05) is 106 Å². The first kappa shape index (κ1) is 53.3. The smallest absolute Gasteiger partial charge is 0.339 e. The molecule has 0 aliphatic carbocycles. The Balaban J connectivity index is 1.25. The second kappa shape index (κ2) is 22.9. The molecule has 7 rings (SSSR count). The number of nitrogens with zero attached hydrogens (tertiary/aromatic N) is 1. The fourth-order valence-electron chi connectivity index (χ4n) is 8.28. The first-order valence-electron chi connectivity index (χ1n) is 23.5. The van der Waals surface area contributed by atoms with Crippen molar-refractivity contribution in [2.24, 2.45) is 0 Å². The number of carbonyl (C=O) groups excluding carboxylic acids is 5. The van der Waals surface area contributed by atoms with Crippen molar-refractivity contribution < 1.29 is 65.9 Å². The van der Waals surface area contributed by atoms with E-state index in [4.69, 9.17) is 37.6 Å². The maximum atomic E-state index is 14.5. The van der Waals surface area contributed by atoms with Gasteiger partial charge in [-0.15, -0.1) is 11.8 Å². The van der Waals surface area contributed by atoms with Crippen molar-refractivity contribution in [1.82, 2.24) is 0 Å². The molecule has 0 radical (unpaired) electrons. The molecule has 5 aromatic carbocycles. The van der Waals surface area contributed by atoms with E-state index in [1.165, 1.54) is 23.9 Å². The van der Waals surface area contributed by atoms with Crippen molar-refractivity contribution in [1.29, 1.82) is 0 Å². The first-order valence-corrected chi connectivity index (χ1v) is 27.5. The maximum Gasteiger partial charge on any atom is 0.339 e. The van der Waals surface area contributed by atoms with Crippen molar-refractivity contribution in [3.8, 4) is 22.6 Å². The minimum Gasteiger partial charge on any atom is -0.489 e. The first-order chi connectivity index (χ1) is 34.2. The molecule has 5 aromatic rings. The Morgan fingerprint density at radius 1 is 0.750 bits per heavy atom. The van der Waals surface area contributed by atoms with Crippen LogP contribution in [0.25, 0.3) is 11.1 Å². The summed E-state index contributed by atoms with van der Waals surface area (Å²) in [6, 6.07) is 37.8. The van der Waals surface area contributed by atoms with Crippen LogP contribution in [-0.4, -0.2) is 86.9 Å². The lowest BCUT2D eigenvalue weighted by Crippen LogP contribution is -2.64. The van der Waals surface area contributed by atoms with Crippen LogP contribution >= 0.6 is 11.8 Å². The van der Waals surface area contributed by atoms with Crippen molar-refractivity contribution in [3.63, 3.8) is 0 Å². The molecule has 0 N–H and O–H groups in total. The minimum atomic E-state index is -2.35. The van der Waals surface area contributed by atoms with Gasteiger partial charge in [-0.25, -0.2) is 9.18 Å². The molecule has 2 aliphatic heterocycles. The summed E-state index contributed by atoms with van der Waals surface area (Å²) in [5, 5.41) is -0.662. The van der Waals surface area contributed by atoms with Crippen molar-refractivity contribution in [3.05, 3.63) is 150 Å². The lowest BCUT2D eigenvalue weighted by atomic mass is 9.90. The van der Waals surface area contributed by atoms with Gasteiger partial charge < -0.3 is 42.5 Å². The third-order valence-corrected chi connectivity index (χ3v) is 18.6. The molecular weight excluding hydrogens is 962 g/mol. The van der Waals surface area contributed by atoms with Crippen LogP contribution in [0, 0.1) is 5.82 Å². The van der Waals surface area contributed by atoms with E-state index in [0.29, 0.717) is 22.6 Å². The highest BCUT2D eigenvalue weighted by Gasteiger charge is 2.56. The molecule has 3 unspecified atom stereocenters. The van der Waals surface area contributed by atoms with E-state index < -0.39 is 80.3 Å². The van der Waals surface area contributed by atoms with E-state index in [1.807, 2.05) is 84.9 Å². The van der Waals surface area contributed by atoms with E-state index in [2.05, 4.69) is 33.9 Å². The van der Waals surface area contributed by atoms with Crippen LogP contribution in [0.3, 0.4) is 0 Å². The second-order valence-electron chi connectivity index (χ2n) is 19.0. The summed E-state index contributed by atoms with van der Waals surface area (Å²) in [6.45, 7) is 14.4. The van der Waals surface area contributed by atoms with Gasteiger partial charge in [-0.05, 0) is 82.9 Å². The van der Waals surface area contributed by atoms with Crippen LogP contribution in [0.2, 0.25) is 18.1 Å². The molecule has 380 valence electrons. The zero-order valence-electron chi connectivity index (χ0n) is 41.7. The fourth-order valence-corrected chi connectivity index (χ4v) is 11.0. The van der Waals surface area contributed by atoms with Gasteiger partial charge in [0.25, 0.3) is 0 Å². The number of rotatable bonds is 18. The van der Waals surface area contributed by atoms with Gasteiger partial charge in [-0.3, -0.25) is 19.2 Å². The normalized spacial score (nSPS) is 21.4. The number of hydrogen-bond acceptors (Lipinski definition) is 14. The number of amides is 1. The molecule has 2 heterocycles. The predicted octanol–water partition coefficient (Wildman–Crippen LogP) is 10.1. The van der Waals surface area contributed by atoms with Gasteiger partial charge in [0.1, 0.15) is 29.2 Å². The lowest BCUT2D eigenvalue weighted by molar-refractivity contribution is -0.282. The molecular formula is C55H60FNO13SSi. The zero-order valence-corrected chi connectivity index (χ0v) is 43.5. The van der Waals surface area contributed by atoms with Crippen LogP contribution in [0.4, 0.5) is 10.1 Å². The number of halogens is 1. The molecule has 8 atom stereocenters. The summed E-state index contributed by atoms with van der Waals surface area (Å²) in [4.78, 5) is 66.5. The van der Waals surface area contributed by atoms with Crippen molar-refractivity contribution in [2.75, 3.05) is 17.8 Å². The number of hydrogen-bond donors (Lipinski definition) is 0. The Morgan fingerprint density at radius 3 is 1.99 bits per heavy atom.